The van der Waals surface area contributed by atoms with Gasteiger partial charge in [-0.25, -0.2) is 0 Å². The summed E-state index contributed by atoms with van der Waals surface area (Å²) >= 11 is 0. The Kier molecular flexibility index (Phi) is 13.4. The van der Waals surface area contributed by atoms with E-state index in [1.165, 1.54) is 29.2 Å². The van der Waals surface area contributed by atoms with Gasteiger partial charge in [0, 0.05) is 0 Å². The van der Waals surface area contributed by atoms with Crippen molar-refractivity contribution in [2.75, 3.05) is 0 Å². The van der Waals surface area contributed by atoms with Crippen molar-refractivity contribution in [2.45, 2.75) is 67.7 Å². The van der Waals surface area contributed by atoms with Gasteiger partial charge in [0.05, 0.1) is 0 Å². The first-order valence-corrected chi connectivity index (χ1v) is 7.80. The molecule has 1 atom stereocenters. The van der Waals surface area contributed by atoms with Gasteiger partial charge in [0.1, 0.15) is 0 Å². The molecule has 1 unspecified atom stereocenters. The molecule has 0 nitrogen and oxygen atoms in total. The van der Waals surface area contributed by atoms with Crippen LogP contribution in [0.4, 0.5) is 0 Å². The second kappa shape index (κ2) is 12.7. The average molecular weight is 274 g/mol. The van der Waals surface area contributed by atoms with Gasteiger partial charge in [0.15, 0.2) is 0 Å². The Labute approximate surface area is 127 Å². The third-order valence-corrected chi connectivity index (χ3v) is 3.06. The Hall–Kier alpha value is -1.30. The highest BCUT2D eigenvalue weighted by atomic mass is 14.1. The quantitative estimate of drug-likeness (QED) is 0.546. The van der Waals surface area contributed by atoms with E-state index in [0.29, 0.717) is 5.92 Å². The third kappa shape index (κ3) is 6.23. The molecule has 0 heterocycles. The van der Waals surface area contributed by atoms with Gasteiger partial charge >= 0.3 is 0 Å². The summed E-state index contributed by atoms with van der Waals surface area (Å²) in [4.78, 5) is 0. The van der Waals surface area contributed by atoms with Crippen LogP contribution in [0.1, 0.15) is 73.3 Å². The molecule has 114 valence electrons. The molecular formula is C20H34. The van der Waals surface area contributed by atoms with E-state index < -0.39 is 0 Å². The predicted octanol–water partition coefficient (Wildman–Crippen LogP) is 7.43. The van der Waals surface area contributed by atoms with Crippen LogP contribution in [0.25, 0.3) is 10.8 Å². The summed E-state index contributed by atoms with van der Waals surface area (Å²) in [5.41, 5.74) is 1.47. The average Bonchev–Trinajstić information content (AvgIpc) is 2.51. The minimum atomic E-state index is 0. The van der Waals surface area contributed by atoms with Crippen molar-refractivity contribution in [1.82, 2.24) is 0 Å². The van der Waals surface area contributed by atoms with E-state index in [0.717, 1.165) is 0 Å². The van der Waals surface area contributed by atoms with Crippen molar-refractivity contribution in [1.29, 1.82) is 0 Å². The normalized spacial score (nSPS) is 10.3. The Balaban J connectivity index is 0. The lowest BCUT2D eigenvalue weighted by Crippen LogP contribution is -1.92. The highest BCUT2D eigenvalue weighted by molar-refractivity contribution is 5.83. The SMILES string of the molecule is C.CC.CC.CCCC(C)c1ccc2ccccc2c1. The summed E-state index contributed by atoms with van der Waals surface area (Å²) in [6.45, 7) is 12.6. The number of hydrogen-bond donors (Lipinski definition) is 0. The van der Waals surface area contributed by atoms with Crippen LogP contribution >= 0.6 is 0 Å². The minimum absolute atomic E-state index is 0. The lowest BCUT2D eigenvalue weighted by molar-refractivity contribution is 0.665. The number of hydrogen-bond acceptors (Lipinski definition) is 0. The van der Waals surface area contributed by atoms with Crippen molar-refractivity contribution in [3.8, 4) is 0 Å². The van der Waals surface area contributed by atoms with Crippen molar-refractivity contribution in [2.24, 2.45) is 0 Å². The van der Waals surface area contributed by atoms with Crippen LogP contribution in [0.3, 0.4) is 0 Å². The maximum absolute atomic E-state index is 2.33. The van der Waals surface area contributed by atoms with E-state index in [2.05, 4.69) is 56.3 Å². The smallest absolute Gasteiger partial charge is 0.0181 e. The molecule has 0 fully saturated rings. The van der Waals surface area contributed by atoms with E-state index in [1.807, 2.05) is 27.7 Å². The first-order valence-electron chi connectivity index (χ1n) is 7.80. The van der Waals surface area contributed by atoms with E-state index in [1.54, 1.807) is 0 Å². The molecule has 0 aliphatic heterocycles. The zero-order valence-electron chi connectivity index (χ0n) is 13.5. The maximum Gasteiger partial charge on any atom is -0.0181 e. The Morgan fingerprint density at radius 3 is 1.95 bits per heavy atom. The Bertz CT molecular complexity index is 442. The van der Waals surface area contributed by atoms with Crippen LogP contribution in [-0.2, 0) is 0 Å². The molecule has 0 aliphatic carbocycles. The predicted molar refractivity (Wildman–Crippen MR) is 96.7 cm³/mol. The first kappa shape index (κ1) is 21.0. The van der Waals surface area contributed by atoms with E-state index in [9.17, 15) is 0 Å². The fourth-order valence-corrected chi connectivity index (χ4v) is 2.11. The molecule has 0 heteroatoms. The highest BCUT2D eigenvalue weighted by Crippen LogP contribution is 2.24. The third-order valence-electron chi connectivity index (χ3n) is 3.06. The van der Waals surface area contributed by atoms with E-state index in [-0.39, 0.29) is 7.43 Å². The van der Waals surface area contributed by atoms with Gasteiger partial charge in [0.2, 0.25) is 0 Å². The summed E-state index contributed by atoms with van der Waals surface area (Å²) in [6, 6.07) is 15.4. The molecule has 0 saturated heterocycles. The fourth-order valence-electron chi connectivity index (χ4n) is 2.11. The zero-order valence-corrected chi connectivity index (χ0v) is 13.5. The molecule has 0 amide bonds. The molecule has 0 spiro atoms. The Morgan fingerprint density at radius 1 is 0.850 bits per heavy atom. The largest absolute Gasteiger partial charge is 0.0776 e. The van der Waals surface area contributed by atoms with Gasteiger partial charge in [-0.05, 0) is 28.7 Å². The van der Waals surface area contributed by atoms with Gasteiger partial charge in [-0.2, -0.15) is 0 Å². The maximum atomic E-state index is 2.33. The van der Waals surface area contributed by atoms with Gasteiger partial charge in [-0.15, -0.1) is 0 Å². The topological polar surface area (TPSA) is 0 Å². The van der Waals surface area contributed by atoms with Crippen LogP contribution in [0, 0.1) is 0 Å². The second-order valence-electron chi connectivity index (χ2n) is 4.30. The summed E-state index contributed by atoms with van der Waals surface area (Å²) in [5.74, 6) is 0.680. The lowest BCUT2D eigenvalue weighted by Gasteiger charge is -2.11. The monoisotopic (exact) mass is 274 g/mol. The molecule has 2 rings (SSSR count). The number of fused-ring (bicyclic) bond motifs is 1. The van der Waals surface area contributed by atoms with Crippen LogP contribution in [0.15, 0.2) is 42.5 Å². The van der Waals surface area contributed by atoms with Crippen LogP contribution < -0.4 is 0 Å². The molecule has 2 aromatic rings. The van der Waals surface area contributed by atoms with Crippen molar-refractivity contribution >= 4 is 10.8 Å². The Morgan fingerprint density at radius 2 is 1.40 bits per heavy atom. The van der Waals surface area contributed by atoms with Crippen LogP contribution in [0.2, 0.25) is 0 Å². The molecule has 0 bridgehead atoms. The number of rotatable bonds is 3. The summed E-state index contributed by atoms with van der Waals surface area (Å²) < 4.78 is 0. The summed E-state index contributed by atoms with van der Waals surface area (Å²) in [7, 11) is 0. The van der Waals surface area contributed by atoms with E-state index in [4.69, 9.17) is 0 Å². The lowest BCUT2D eigenvalue weighted by atomic mass is 9.94. The van der Waals surface area contributed by atoms with Crippen molar-refractivity contribution in [3.05, 3.63) is 48.0 Å². The molecule has 0 aliphatic rings. The van der Waals surface area contributed by atoms with Crippen LogP contribution in [0.5, 0.6) is 0 Å². The zero-order chi connectivity index (χ0) is 14.7. The molecule has 20 heavy (non-hydrogen) atoms. The van der Waals surface area contributed by atoms with Gasteiger partial charge < -0.3 is 0 Å². The molecular weight excluding hydrogens is 240 g/mol. The van der Waals surface area contributed by atoms with Crippen molar-refractivity contribution in [3.63, 3.8) is 0 Å². The van der Waals surface area contributed by atoms with Crippen LogP contribution in [-0.4, -0.2) is 0 Å². The number of benzene rings is 2. The second-order valence-corrected chi connectivity index (χ2v) is 4.30. The molecule has 0 N–H and O–H groups in total. The molecule has 2 aromatic carbocycles. The summed E-state index contributed by atoms with van der Waals surface area (Å²) in [6.07, 6.45) is 2.53. The molecule has 0 aromatic heterocycles. The van der Waals surface area contributed by atoms with Gasteiger partial charge in [-0.1, -0.05) is 97.9 Å². The fraction of sp³-hybridized carbons (Fsp3) is 0.500. The molecule has 0 radical (unpaired) electrons. The summed E-state index contributed by atoms with van der Waals surface area (Å²) in [5, 5.41) is 2.70. The van der Waals surface area contributed by atoms with Gasteiger partial charge in [0.25, 0.3) is 0 Å². The van der Waals surface area contributed by atoms with E-state index >= 15 is 0 Å². The highest BCUT2D eigenvalue weighted by Gasteiger charge is 2.04. The first-order chi connectivity index (χ1) is 9.31. The standard InChI is InChI=1S/C15H18.2C2H6.CH4/c1-3-6-12(2)14-10-9-13-7-4-5-8-15(13)11-14;2*1-2;/h4-5,7-12H,3,6H2,1-2H3;2*1-2H3;1H4. The van der Waals surface area contributed by atoms with Gasteiger partial charge in [-0.3, -0.25) is 0 Å². The molecule has 0 saturated carbocycles. The minimum Gasteiger partial charge on any atom is -0.0776 e. The van der Waals surface area contributed by atoms with Crippen molar-refractivity contribution < 1.29 is 0 Å².